The van der Waals surface area contributed by atoms with Crippen LogP contribution in [0, 0.1) is 5.92 Å². The van der Waals surface area contributed by atoms with Crippen molar-refractivity contribution in [1.29, 1.82) is 0 Å². The van der Waals surface area contributed by atoms with Crippen molar-refractivity contribution in [3.05, 3.63) is 0 Å². The summed E-state index contributed by atoms with van der Waals surface area (Å²) in [7, 11) is 1.99. The first kappa shape index (κ1) is 12.5. The van der Waals surface area contributed by atoms with Crippen LogP contribution in [0.3, 0.4) is 0 Å². The molecule has 1 saturated heterocycles. The molecule has 4 heteroatoms. The van der Waals surface area contributed by atoms with Crippen LogP contribution in [0.25, 0.3) is 0 Å². The van der Waals surface area contributed by atoms with Gasteiger partial charge in [-0.05, 0) is 19.5 Å². The van der Waals surface area contributed by atoms with Gasteiger partial charge in [-0.2, -0.15) is 0 Å². The Hall–Kier alpha value is -0.610. The quantitative estimate of drug-likeness (QED) is 0.714. The number of piperazine rings is 1. The lowest BCUT2D eigenvalue weighted by Gasteiger charge is -2.35. The Labute approximate surface area is 92.6 Å². The molecule has 0 spiro atoms. The maximum absolute atomic E-state index is 11.1. The Bertz CT molecular complexity index is 200. The minimum atomic E-state index is 0.206. The van der Waals surface area contributed by atoms with Gasteiger partial charge < -0.3 is 10.2 Å². The topological polar surface area (TPSA) is 35.6 Å². The lowest BCUT2D eigenvalue weighted by Crippen LogP contribution is -2.49. The van der Waals surface area contributed by atoms with Crippen molar-refractivity contribution in [2.75, 3.05) is 46.3 Å². The van der Waals surface area contributed by atoms with Crippen LogP contribution < -0.4 is 5.32 Å². The highest BCUT2D eigenvalue weighted by Gasteiger charge is 2.19. The van der Waals surface area contributed by atoms with Crippen LogP contribution in [-0.2, 0) is 4.79 Å². The van der Waals surface area contributed by atoms with Crippen molar-refractivity contribution in [3.8, 4) is 0 Å². The van der Waals surface area contributed by atoms with Crippen molar-refractivity contribution in [3.63, 3.8) is 0 Å². The zero-order valence-corrected chi connectivity index (χ0v) is 10.1. The molecule has 0 saturated carbocycles. The highest BCUT2D eigenvalue weighted by molar-refractivity contribution is 5.73. The van der Waals surface area contributed by atoms with Gasteiger partial charge in [0.15, 0.2) is 0 Å². The van der Waals surface area contributed by atoms with Crippen LogP contribution in [0.5, 0.6) is 0 Å². The number of amides is 1. The van der Waals surface area contributed by atoms with Gasteiger partial charge in [-0.1, -0.05) is 6.92 Å². The first-order valence-electron chi connectivity index (χ1n) is 5.76. The molecule has 1 aliphatic heterocycles. The van der Waals surface area contributed by atoms with Crippen molar-refractivity contribution in [1.82, 2.24) is 15.1 Å². The van der Waals surface area contributed by atoms with E-state index in [9.17, 15) is 4.79 Å². The zero-order chi connectivity index (χ0) is 11.3. The van der Waals surface area contributed by atoms with E-state index in [2.05, 4.69) is 17.1 Å². The summed E-state index contributed by atoms with van der Waals surface area (Å²) in [5, 5.41) is 3.19. The second kappa shape index (κ2) is 6.08. The largest absolute Gasteiger partial charge is 0.340 e. The summed E-state index contributed by atoms with van der Waals surface area (Å²) in [5.74, 6) is 0.886. The molecule has 1 heterocycles. The molecule has 1 fully saturated rings. The molecule has 1 unspecified atom stereocenters. The summed E-state index contributed by atoms with van der Waals surface area (Å²) in [6.45, 7) is 9.93. The highest BCUT2D eigenvalue weighted by Crippen LogP contribution is 2.05. The van der Waals surface area contributed by atoms with E-state index < -0.39 is 0 Å². The summed E-state index contributed by atoms with van der Waals surface area (Å²) < 4.78 is 0. The fourth-order valence-electron chi connectivity index (χ4n) is 2.10. The van der Waals surface area contributed by atoms with Crippen molar-refractivity contribution in [2.24, 2.45) is 5.92 Å². The van der Waals surface area contributed by atoms with E-state index in [-0.39, 0.29) is 5.91 Å². The molecular formula is C11H23N3O. The summed E-state index contributed by atoms with van der Waals surface area (Å²) in [6.07, 6.45) is 0. The van der Waals surface area contributed by atoms with Gasteiger partial charge in [-0.25, -0.2) is 0 Å². The Morgan fingerprint density at radius 2 is 1.93 bits per heavy atom. The van der Waals surface area contributed by atoms with Crippen LogP contribution in [0.1, 0.15) is 13.8 Å². The summed E-state index contributed by atoms with van der Waals surface area (Å²) in [5.41, 5.74) is 0. The van der Waals surface area contributed by atoms with Gasteiger partial charge in [-0.3, -0.25) is 9.69 Å². The van der Waals surface area contributed by atoms with E-state index in [0.29, 0.717) is 5.92 Å². The predicted octanol–water partition coefficient (Wildman–Crippen LogP) is 0.00600. The SMILES string of the molecule is CNCC(C)CN1CCN(C(C)=O)CC1. The molecule has 1 aliphatic rings. The third-order valence-corrected chi connectivity index (χ3v) is 2.94. The Morgan fingerprint density at radius 3 is 2.40 bits per heavy atom. The molecule has 0 aromatic carbocycles. The second-order valence-electron chi connectivity index (χ2n) is 4.47. The number of carbonyl (C=O) groups excluding carboxylic acids is 1. The molecule has 4 nitrogen and oxygen atoms in total. The van der Waals surface area contributed by atoms with Crippen LogP contribution in [-0.4, -0.2) is 62.0 Å². The fraction of sp³-hybridized carbons (Fsp3) is 0.909. The maximum Gasteiger partial charge on any atom is 0.219 e. The normalized spacial score (nSPS) is 20.3. The summed E-state index contributed by atoms with van der Waals surface area (Å²) >= 11 is 0. The predicted molar refractivity (Wildman–Crippen MR) is 61.8 cm³/mol. The number of rotatable bonds is 4. The van der Waals surface area contributed by atoms with E-state index in [1.54, 1.807) is 6.92 Å². The minimum Gasteiger partial charge on any atom is -0.340 e. The third-order valence-electron chi connectivity index (χ3n) is 2.94. The third kappa shape index (κ3) is 4.18. The van der Waals surface area contributed by atoms with Gasteiger partial charge in [0, 0.05) is 39.6 Å². The van der Waals surface area contributed by atoms with Crippen LogP contribution in [0.15, 0.2) is 0 Å². The standard InChI is InChI=1S/C11H23N3O/c1-10(8-12-3)9-13-4-6-14(7-5-13)11(2)15/h10,12H,4-9H2,1-3H3. The lowest BCUT2D eigenvalue weighted by atomic mass is 10.1. The van der Waals surface area contributed by atoms with Crippen LogP contribution in [0.4, 0.5) is 0 Å². The molecule has 0 radical (unpaired) electrons. The molecule has 1 atom stereocenters. The van der Waals surface area contributed by atoms with Gasteiger partial charge in [0.25, 0.3) is 0 Å². The molecule has 1 rings (SSSR count). The Kier molecular flexibility index (Phi) is 5.05. The Morgan fingerprint density at radius 1 is 1.33 bits per heavy atom. The van der Waals surface area contributed by atoms with Gasteiger partial charge in [-0.15, -0.1) is 0 Å². The molecule has 0 bridgehead atoms. The minimum absolute atomic E-state index is 0.206. The fourth-order valence-corrected chi connectivity index (χ4v) is 2.10. The Balaban J connectivity index is 2.22. The van der Waals surface area contributed by atoms with Crippen molar-refractivity contribution < 1.29 is 4.79 Å². The average molecular weight is 213 g/mol. The molecule has 0 aliphatic carbocycles. The molecule has 15 heavy (non-hydrogen) atoms. The highest BCUT2D eigenvalue weighted by atomic mass is 16.2. The van der Waals surface area contributed by atoms with E-state index in [1.165, 1.54) is 0 Å². The first-order chi connectivity index (χ1) is 7.13. The van der Waals surface area contributed by atoms with Crippen molar-refractivity contribution in [2.45, 2.75) is 13.8 Å². The number of hydrogen-bond acceptors (Lipinski definition) is 3. The smallest absolute Gasteiger partial charge is 0.219 e. The van der Waals surface area contributed by atoms with Crippen molar-refractivity contribution >= 4 is 5.91 Å². The van der Waals surface area contributed by atoms with Crippen LogP contribution >= 0.6 is 0 Å². The van der Waals surface area contributed by atoms with E-state index in [1.807, 2.05) is 11.9 Å². The number of carbonyl (C=O) groups is 1. The van der Waals surface area contributed by atoms with Gasteiger partial charge in [0.05, 0.1) is 0 Å². The second-order valence-corrected chi connectivity index (χ2v) is 4.47. The first-order valence-corrected chi connectivity index (χ1v) is 5.76. The maximum atomic E-state index is 11.1. The molecular weight excluding hydrogens is 190 g/mol. The molecule has 1 N–H and O–H groups in total. The van der Waals surface area contributed by atoms with Gasteiger partial charge in [0.2, 0.25) is 5.91 Å². The molecule has 88 valence electrons. The van der Waals surface area contributed by atoms with Gasteiger partial charge in [0.1, 0.15) is 0 Å². The van der Waals surface area contributed by atoms with Crippen LogP contribution in [0.2, 0.25) is 0 Å². The van der Waals surface area contributed by atoms with Gasteiger partial charge >= 0.3 is 0 Å². The van der Waals surface area contributed by atoms with E-state index in [4.69, 9.17) is 0 Å². The molecule has 0 aromatic heterocycles. The zero-order valence-electron chi connectivity index (χ0n) is 10.1. The van der Waals surface area contributed by atoms with E-state index >= 15 is 0 Å². The number of nitrogens with zero attached hydrogens (tertiary/aromatic N) is 2. The lowest BCUT2D eigenvalue weighted by molar-refractivity contribution is -0.130. The summed E-state index contributed by atoms with van der Waals surface area (Å²) in [6, 6.07) is 0. The average Bonchev–Trinajstić information content (AvgIpc) is 2.18. The molecule has 0 aromatic rings. The number of hydrogen-bond donors (Lipinski definition) is 1. The molecule has 1 amide bonds. The van der Waals surface area contributed by atoms with E-state index in [0.717, 1.165) is 39.3 Å². The summed E-state index contributed by atoms with van der Waals surface area (Å²) in [4.78, 5) is 15.5. The monoisotopic (exact) mass is 213 g/mol. The number of nitrogens with one attached hydrogen (secondary N) is 1.